The summed E-state index contributed by atoms with van der Waals surface area (Å²) in [6.45, 7) is 7.38. The minimum Gasteiger partial charge on any atom is -0.439 e. The highest BCUT2D eigenvalue weighted by molar-refractivity contribution is 5.70. The number of hydrogen-bond donors (Lipinski definition) is 0. The Bertz CT molecular complexity index is 816. The standard InChI is InChI=1S/C19H24N4O2/c1-14-9-15(2)23(20-14)17-6-4-5-16(10-17)11-22-8-7-19(13-22)12-21(3)18(24)25-19/h4-6,9-10H,7-8,11-13H2,1-3H3/t19-/m0/s1. The third-order valence-corrected chi connectivity index (χ3v) is 5.11. The molecule has 0 saturated carbocycles. The van der Waals surface area contributed by atoms with E-state index in [2.05, 4.69) is 47.3 Å². The van der Waals surface area contributed by atoms with Gasteiger partial charge in [0, 0.05) is 38.8 Å². The zero-order chi connectivity index (χ0) is 17.6. The fraction of sp³-hybridized carbons (Fsp3) is 0.474. The second-order valence-electron chi connectivity index (χ2n) is 7.38. The second kappa shape index (κ2) is 5.88. The number of hydrogen-bond acceptors (Lipinski definition) is 4. The van der Waals surface area contributed by atoms with Gasteiger partial charge in [-0.3, -0.25) is 4.90 Å². The van der Waals surface area contributed by atoms with Gasteiger partial charge in [-0.05, 0) is 37.6 Å². The molecule has 0 N–H and O–H groups in total. The highest BCUT2D eigenvalue weighted by Gasteiger charge is 2.48. The summed E-state index contributed by atoms with van der Waals surface area (Å²) in [6.07, 6.45) is 0.702. The van der Waals surface area contributed by atoms with Gasteiger partial charge in [-0.25, -0.2) is 9.48 Å². The van der Waals surface area contributed by atoms with E-state index < -0.39 is 0 Å². The molecule has 2 aliphatic rings. The summed E-state index contributed by atoms with van der Waals surface area (Å²) < 4.78 is 7.62. The van der Waals surface area contributed by atoms with Crippen LogP contribution in [0.2, 0.25) is 0 Å². The van der Waals surface area contributed by atoms with Crippen molar-refractivity contribution in [1.82, 2.24) is 19.6 Å². The fourth-order valence-corrected chi connectivity index (χ4v) is 4.00. The molecule has 6 nitrogen and oxygen atoms in total. The molecule has 1 aromatic carbocycles. The number of carbonyl (C=O) groups excluding carboxylic acids is 1. The number of likely N-dealkylation sites (N-methyl/N-ethyl adjacent to an activating group) is 1. The van der Waals surface area contributed by atoms with Gasteiger partial charge >= 0.3 is 6.09 Å². The van der Waals surface area contributed by atoms with Crippen molar-refractivity contribution in [1.29, 1.82) is 0 Å². The van der Waals surface area contributed by atoms with Gasteiger partial charge in [-0.15, -0.1) is 0 Å². The lowest BCUT2D eigenvalue weighted by Crippen LogP contribution is -2.37. The Labute approximate surface area is 148 Å². The minimum absolute atomic E-state index is 0.201. The molecule has 132 valence electrons. The zero-order valence-corrected chi connectivity index (χ0v) is 15.0. The Morgan fingerprint density at radius 3 is 2.76 bits per heavy atom. The van der Waals surface area contributed by atoms with Gasteiger partial charge in [0.15, 0.2) is 0 Å². The Kier molecular flexibility index (Phi) is 3.80. The quantitative estimate of drug-likeness (QED) is 0.861. The zero-order valence-electron chi connectivity index (χ0n) is 15.0. The average Bonchev–Trinajstić information content (AvgIpc) is 3.18. The fourth-order valence-electron chi connectivity index (χ4n) is 4.00. The van der Waals surface area contributed by atoms with Crippen LogP contribution in [0.15, 0.2) is 30.3 Å². The molecule has 0 aliphatic carbocycles. The Morgan fingerprint density at radius 1 is 1.24 bits per heavy atom. The van der Waals surface area contributed by atoms with Crippen LogP contribution in [0.1, 0.15) is 23.4 Å². The molecule has 2 fully saturated rings. The first kappa shape index (κ1) is 16.1. The molecule has 2 aliphatic heterocycles. The molecule has 0 unspecified atom stereocenters. The van der Waals surface area contributed by atoms with Crippen molar-refractivity contribution >= 4 is 6.09 Å². The van der Waals surface area contributed by atoms with Gasteiger partial charge in [0.2, 0.25) is 0 Å². The molecule has 25 heavy (non-hydrogen) atoms. The lowest BCUT2D eigenvalue weighted by atomic mass is 10.0. The Morgan fingerprint density at radius 2 is 2.08 bits per heavy atom. The summed E-state index contributed by atoms with van der Waals surface area (Å²) in [5.41, 5.74) is 4.18. The van der Waals surface area contributed by atoms with E-state index >= 15 is 0 Å². The molecule has 1 atom stereocenters. The molecule has 3 heterocycles. The van der Waals surface area contributed by atoms with E-state index in [1.807, 2.05) is 11.6 Å². The normalized spacial score (nSPS) is 23.6. The van der Waals surface area contributed by atoms with Crippen molar-refractivity contribution in [3.05, 3.63) is 47.3 Å². The number of aromatic nitrogens is 2. The predicted molar refractivity (Wildman–Crippen MR) is 94.8 cm³/mol. The largest absolute Gasteiger partial charge is 0.439 e. The highest BCUT2D eigenvalue weighted by atomic mass is 16.6. The van der Waals surface area contributed by atoms with Gasteiger partial charge < -0.3 is 9.64 Å². The number of likely N-dealkylation sites (tertiary alicyclic amines) is 1. The van der Waals surface area contributed by atoms with Crippen LogP contribution in [0, 0.1) is 13.8 Å². The van der Waals surface area contributed by atoms with Gasteiger partial charge in [-0.2, -0.15) is 5.10 Å². The smallest absolute Gasteiger partial charge is 0.410 e. The molecular formula is C19H24N4O2. The molecule has 1 amide bonds. The number of amides is 1. The summed E-state index contributed by atoms with van der Waals surface area (Å²) in [6, 6.07) is 10.6. The summed E-state index contributed by atoms with van der Waals surface area (Å²) in [5, 5.41) is 4.57. The van der Waals surface area contributed by atoms with Crippen LogP contribution in [-0.2, 0) is 11.3 Å². The monoisotopic (exact) mass is 340 g/mol. The number of carbonyl (C=O) groups is 1. The van der Waals surface area contributed by atoms with Crippen molar-refractivity contribution in [3.63, 3.8) is 0 Å². The van der Waals surface area contributed by atoms with Crippen molar-refractivity contribution in [3.8, 4) is 5.69 Å². The van der Waals surface area contributed by atoms with Gasteiger partial charge in [0.1, 0.15) is 5.60 Å². The van der Waals surface area contributed by atoms with E-state index in [4.69, 9.17) is 4.74 Å². The van der Waals surface area contributed by atoms with Crippen molar-refractivity contribution in [2.75, 3.05) is 26.7 Å². The maximum absolute atomic E-state index is 11.7. The van der Waals surface area contributed by atoms with E-state index in [0.717, 1.165) is 43.1 Å². The first-order chi connectivity index (χ1) is 11.9. The first-order valence-corrected chi connectivity index (χ1v) is 8.73. The third kappa shape index (κ3) is 3.02. The molecule has 0 bridgehead atoms. The molecule has 1 aromatic heterocycles. The molecular weight excluding hydrogens is 316 g/mol. The molecule has 2 aromatic rings. The average molecular weight is 340 g/mol. The summed E-state index contributed by atoms with van der Waals surface area (Å²) in [7, 11) is 1.80. The Balaban J connectivity index is 1.48. The number of aryl methyl sites for hydroxylation is 2. The molecule has 0 radical (unpaired) electrons. The lowest BCUT2D eigenvalue weighted by Gasteiger charge is -2.22. The van der Waals surface area contributed by atoms with E-state index in [0.29, 0.717) is 6.54 Å². The van der Waals surface area contributed by atoms with Gasteiger partial charge in [-0.1, -0.05) is 12.1 Å². The summed E-state index contributed by atoms with van der Waals surface area (Å²) in [5.74, 6) is 0. The number of ether oxygens (including phenoxy) is 1. The van der Waals surface area contributed by atoms with E-state index in [1.54, 1.807) is 11.9 Å². The van der Waals surface area contributed by atoms with E-state index in [1.165, 1.54) is 5.56 Å². The van der Waals surface area contributed by atoms with Crippen LogP contribution in [0.4, 0.5) is 4.79 Å². The topological polar surface area (TPSA) is 50.6 Å². The number of benzene rings is 1. The minimum atomic E-state index is -0.320. The summed E-state index contributed by atoms with van der Waals surface area (Å²) in [4.78, 5) is 15.8. The van der Waals surface area contributed by atoms with Crippen molar-refractivity contribution in [2.24, 2.45) is 0 Å². The van der Waals surface area contributed by atoms with Gasteiger partial charge in [0.05, 0.1) is 17.9 Å². The van der Waals surface area contributed by atoms with Crippen LogP contribution in [0.3, 0.4) is 0 Å². The molecule has 6 heteroatoms. The SMILES string of the molecule is Cc1cc(C)n(-c2cccc(CN3CC[C@@]4(C3)CN(C)C(=O)O4)c2)n1. The lowest BCUT2D eigenvalue weighted by molar-refractivity contribution is 0.0627. The van der Waals surface area contributed by atoms with Gasteiger partial charge in [0.25, 0.3) is 0 Å². The third-order valence-electron chi connectivity index (χ3n) is 5.11. The van der Waals surface area contributed by atoms with Crippen LogP contribution in [0.25, 0.3) is 5.69 Å². The molecule has 4 rings (SSSR count). The highest BCUT2D eigenvalue weighted by Crippen LogP contribution is 2.32. The predicted octanol–water partition coefficient (Wildman–Crippen LogP) is 2.52. The number of nitrogens with zero attached hydrogens (tertiary/aromatic N) is 4. The maximum Gasteiger partial charge on any atom is 0.410 e. The maximum atomic E-state index is 11.7. The van der Waals surface area contributed by atoms with Crippen molar-refractivity contribution in [2.45, 2.75) is 32.4 Å². The first-order valence-electron chi connectivity index (χ1n) is 8.73. The van der Waals surface area contributed by atoms with Crippen LogP contribution in [0.5, 0.6) is 0 Å². The summed E-state index contributed by atoms with van der Waals surface area (Å²) >= 11 is 0. The van der Waals surface area contributed by atoms with Crippen LogP contribution in [-0.4, -0.2) is 58.0 Å². The molecule has 2 saturated heterocycles. The van der Waals surface area contributed by atoms with Crippen LogP contribution >= 0.6 is 0 Å². The van der Waals surface area contributed by atoms with Crippen molar-refractivity contribution < 1.29 is 9.53 Å². The number of rotatable bonds is 3. The second-order valence-corrected chi connectivity index (χ2v) is 7.38. The van der Waals surface area contributed by atoms with E-state index in [9.17, 15) is 4.79 Å². The Hall–Kier alpha value is -2.34. The molecule has 1 spiro atoms. The van der Waals surface area contributed by atoms with E-state index in [-0.39, 0.29) is 11.7 Å². The van der Waals surface area contributed by atoms with Crippen LogP contribution < -0.4 is 0 Å².